The number of hydrogen-bond donors (Lipinski definition) is 8. The smallest absolute Gasteiger partial charge is 0.255 e. The number of phenolic OH excluding ortho intramolecular Hbond substituents is 6. The Hall–Kier alpha value is -4.60. The molecule has 0 heterocycles. The summed E-state index contributed by atoms with van der Waals surface area (Å²) in [4.78, 5) is 24.5. The lowest BCUT2D eigenvalue weighted by molar-refractivity contribution is 0.0939. The SMILES string of the molecule is O=C(NCc1cccc(CNC(=O)c2ccc(O)c(O)c2O)c1)c1ccc(O)c(O)c1O. The van der Waals surface area contributed by atoms with E-state index < -0.39 is 46.3 Å². The van der Waals surface area contributed by atoms with Crippen LogP contribution in [0.1, 0.15) is 31.8 Å². The van der Waals surface area contributed by atoms with Gasteiger partial charge in [-0.2, -0.15) is 0 Å². The summed E-state index contributed by atoms with van der Waals surface area (Å²) in [6, 6.07) is 11.4. The molecule has 0 radical (unpaired) electrons. The van der Waals surface area contributed by atoms with E-state index in [0.29, 0.717) is 11.1 Å². The molecule has 0 saturated heterocycles. The fourth-order valence-electron chi connectivity index (χ4n) is 2.91. The van der Waals surface area contributed by atoms with Gasteiger partial charge >= 0.3 is 0 Å². The third-order valence-electron chi connectivity index (χ3n) is 4.65. The number of nitrogens with one attached hydrogen (secondary N) is 2. The van der Waals surface area contributed by atoms with Crippen LogP contribution in [0.4, 0.5) is 0 Å². The fourth-order valence-corrected chi connectivity index (χ4v) is 2.91. The molecule has 0 aliphatic rings. The molecule has 0 bridgehead atoms. The van der Waals surface area contributed by atoms with Gasteiger partial charge in [0.1, 0.15) is 0 Å². The third-order valence-corrected chi connectivity index (χ3v) is 4.65. The van der Waals surface area contributed by atoms with Crippen LogP contribution < -0.4 is 10.6 Å². The largest absolute Gasteiger partial charge is 0.504 e. The van der Waals surface area contributed by atoms with E-state index in [4.69, 9.17) is 0 Å². The van der Waals surface area contributed by atoms with E-state index in [9.17, 15) is 40.2 Å². The summed E-state index contributed by atoms with van der Waals surface area (Å²) in [6.45, 7) is 0.155. The lowest BCUT2D eigenvalue weighted by atomic mass is 10.1. The predicted molar refractivity (Wildman–Crippen MR) is 112 cm³/mol. The molecule has 0 aliphatic carbocycles. The van der Waals surface area contributed by atoms with E-state index in [0.717, 1.165) is 12.1 Å². The normalized spacial score (nSPS) is 10.5. The molecule has 0 spiro atoms. The second-order valence-corrected chi connectivity index (χ2v) is 6.84. The maximum Gasteiger partial charge on any atom is 0.255 e. The zero-order valence-corrected chi connectivity index (χ0v) is 16.5. The maximum atomic E-state index is 12.3. The highest BCUT2D eigenvalue weighted by atomic mass is 16.3. The highest BCUT2D eigenvalue weighted by Crippen LogP contribution is 2.37. The number of hydrogen-bond acceptors (Lipinski definition) is 8. The van der Waals surface area contributed by atoms with Crippen molar-refractivity contribution in [3.63, 3.8) is 0 Å². The second-order valence-electron chi connectivity index (χ2n) is 6.84. The molecule has 0 saturated carbocycles. The van der Waals surface area contributed by atoms with Gasteiger partial charge in [-0.15, -0.1) is 0 Å². The van der Waals surface area contributed by atoms with Gasteiger partial charge in [-0.05, 0) is 35.4 Å². The van der Waals surface area contributed by atoms with Crippen molar-refractivity contribution in [2.24, 2.45) is 0 Å². The van der Waals surface area contributed by atoms with Crippen LogP contribution in [-0.2, 0) is 13.1 Å². The van der Waals surface area contributed by atoms with Crippen molar-refractivity contribution >= 4 is 11.8 Å². The monoisotopic (exact) mass is 440 g/mol. The Morgan fingerprint density at radius 1 is 0.594 bits per heavy atom. The van der Waals surface area contributed by atoms with Crippen molar-refractivity contribution in [3.05, 3.63) is 70.8 Å². The minimum Gasteiger partial charge on any atom is -0.504 e. The van der Waals surface area contributed by atoms with Gasteiger partial charge in [0.05, 0.1) is 11.1 Å². The van der Waals surface area contributed by atoms with Crippen LogP contribution >= 0.6 is 0 Å². The molecule has 0 aromatic heterocycles. The van der Waals surface area contributed by atoms with E-state index in [2.05, 4.69) is 10.6 Å². The van der Waals surface area contributed by atoms with Gasteiger partial charge < -0.3 is 41.3 Å². The lowest BCUT2D eigenvalue weighted by Crippen LogP contribution is -2.24. The fraction of sp³-hybridized carbons (Fsp3) is 0.0909. The Balaban J connectivity index is 1.62. The average molecular weight is 440 g/mol. The minimum absolute atomic E-state index is 0.0777. The number of benzene rings is 3. The van der Waals surface area contributed by atoms with Crippen LogP contribution in [0.25, 0.3) is 0 Å². The second kappa shape index (κ2) is 9.04. The standard InChI is InChI=1S/C22H20N2O8/c25-15-6-4-13(17(27)19(15)29)21(31)23-9-11-2-1-3-12(8-11)10-24-22(32)14-5-7-16(26)20(30)18(14)28/h1-8,25-30H,9-10H2,(H,23,31)(H,24,32). The van der Waals surface area contributed by atoms with Gasteiger partial charge in [-0.25, -0.2) is 0 Å². The zero-order chi connectivity index (χ0) is 23.4. The molecule has 32 heavy (non-hydrogen) atoms. The van der Waals surface area contributed by atoms with Crippen molar-refractivity contribution in [2.45, 2.75) is 13.1 Å². The van der Waals surface area contributed by atoms with Crippen molar-refractivity contribution < 1.29 is 40.2 Å². The number of aromatic hydroxyl groups is 6. The van der Waals surface area contributed by atoms with Gasteiger partial charge in [0.15, 0.2) is 23.0 Å². The van der Waals surface area contributed by atoms with Crippen LogP contribution in [0.3, 0.4) is 0 Å². The molecule has 0 unspecified atom stereocenters. The predicted octanol–water partition coefficient (Wildman–Crippen LogP) is 1.78. The molecule has 2 amide bonds. The van der Waals surface area contributed by atoms with E-state index >= 15 is 0 Å². The summed E-state index contributed by atoms with van der Waals surface area (Å²) in [6.07, 6.45) is 0. The number of amides is 2. The molecule has 10 heteroatoms. The first-order valence-corrected chi connectivity index (χ1v) is 9.31. The van der Waals surface area contributed by atoms with Crippen molar-refractivity contribution in [3.8, 4) is 34.5 Å². The topological polar surface area (TPSA) is 180 Å². The van der Waals surface area contributed by atoms with Gasteiger partial charge in [0.25, 0.3) is 11.8 Å². The van der Waals surface area contributed by atoms with Crippen LogP contribution in [0.15, 0.2) is 48.5 Å². The molecule has 3 aromatic rings. The number of phenols is 6. The molecule has 3 rings (SSSR count). The Bertz CT molecular complexity index is 1100. The number of carbonyl (C=O) groups is 2. The molecule has 0 fully saturated rings. The van der Waals surface area contributed by atoms with Crippen LogP contribution in [0, 0.1) is 0 Å². The average Bonchev–Trinajstić information content (AvgIpc) is 2.78. The Morgan fingerprint density at radius 2 is 1.00 bits per heavy atom. The molecule has 10 nitrogen and oxygen atoms in total. The van der Waals surface area contributed by atoms with Crippen molar-refractivity contribution in [1.29, 1.82) is 0 Å². The van der Waals surface area contributed by atoms with E-state index in [-0.39, 0.29) is 24.2 Å². The Labute approximate surface area is 181 Å². The quantitative estimate of drug-likeness (QED) is 0.267. The van der Waals surface area contributed by atoms with Crippen molar-refractivity contribution in [2.75, 3.05) is 0 Å². The molecular weight excluding hydrogens is 420 g/mol. The zero-order valence-electron chi connectivity index (χ0n) is 16.5. The van der Waals surface area contributed by atoms with E-state index in [1.54, 1.807) is 24.3 Å². The highest BCUT2D eigenvalue weighted by molar-refractivity contribution is 5.98. The van der Waals surface area contributed by atoms with Crippen LogP contribution in [-0.4, -0.2) is 42.5 Å². The van der Waals surface area contributed by atoms with Gasteiger partial charge in [-0.3, -0.25) is 9.59 Å². The summed E-state index contributed by atoms with van der Waals surface area (Å²) in [7, 11) is 0. The van der Waals surface area contributed by atoms with Crippen molar-refractivity contribution in [1.82, 2.24) is 10.6 Å². The highest BCUT2D eigenvalue weighted by Gasteiger charge is 2.18. The molecule has 3 aromatic carbocycles. The minimum atomic E-state index is -0.789. The van der Waals surface area contributed by atoms with Gasteiger partial charge in [0, 0.05) is 13.1 Å². The number of carbonyl (C=O) groups excluding carboxylic acids is 2. The molecule has 0 aliphatic heterocycles. The lowest BCUT2D eigenvalue weighted by Gasteiger charge is -2.11. The van der Waals surface area contributed by atoms with Gasteiger partial charge in [-0.1, -0.05) is 24.3 Å². The van der Waals surface area contributed by atoms with Gasteiger partial charge in [0.2, 0.25) is 11.5 Å². The van der Waals surface area contributed by atoms with Crippen LogP contribution in [0.5, 0.6) is 34.5 Å². The first-order chi connectivity index (χ1) is 15.2. The summed E-state index contributed by atoms with van der Waals surface area (Å²) in [5.41, 5.74) is 0.941. The van der Waals surface area contributed by atoms with Crippen LogP contribution in [0.2, 0.25) is 0 Å². The first kappa shape index (κ1) is 22.1. The summed E-state index contributed by atoms with van der Waals surface area (Å²) in [5.74, 6) is -5.48. The molecule has 0 atom stereocenters. The van der Waals surface area contributed by atoms with E-state index in [1.165, 1.54) is 12.1 Å². The van der Waals surface area contributed by atoms with E-state index in [1.807, 2.05) is 0 Å². The molecule has 166 valence electrons. The maximum absolute atomic E-state index is 12.3. The summed E-state index contributed by atoms with van der Waals surface area (Å²) >= 11 is 0. The summed E-state index contributed by atoms with van der Waals surface area (Å²) in [5, 5.41) is 62.5. The summed E-state index contributed by atoms with van der Waals surface area (Å²) < 4.78 is 0. The molecule has 8 N–H and O–H groups in total. The first-order valence-electron chi connectivity index (χ1n) is 9.31. The molecular formula is C22H20N2O8. The third kappa shape index (κ3) is 4.59. The number of rotatable bonds is 6. The Kier molecular flexibility index (Phi) is 6.24. The Morgan fingerprint density at radius 3 is 1.41 bits per heavy atom.